The molecule has 1 aromatic heterocycles. The second-order valence-electron chi connectivity index (χ2n) is 3.17. The Hall–Kier alpha value is -1.13. The number of esters is 1. The summed E-state index contributed by atoms with van der Waals surface area (Å²) in [6.07, 6.45) is 0.461. The molecule has 4 nitrogen and oxygen atoms in total. The maximum Gasteiger partial charge on any atom is 0.308 e. The average molecular weight is 230 g/mol. The number of halogens is 1. The molecule has 1 N–H and O–H groups in total. The van der Waals surface area contributed by atoms with Crippen molar-refractivity contribution in [3.63, 3.8) is 0 Å². The summed E-state index contributed by atoms with van der Waals surface area (Å²) in [5.41, 5.74) is 1.32. The van der Waals surface area contributed by atoms with E-state index in [9.17, 15) is 9.90 Å². The van der Waals surface area contributed by atoms with Crippen LogP contribution in [0.25, 0.3) is 0 Å². The van der Waals surface area contributed by atoms with Crippen LogP contribution in [0.5, 0.6) is 0 Å². The molecular formula is C10H12ClNO3. The van der Waals surface area contributed by atoms with Crippen molar-refractivity contribution in [1.29, 1.82) is 0 Å². The molecule has 0 bridgehead atoms. The minimum absolute atomic E-state index is 0.0841. The van der Waals surface area contributed by atoms with Gasteiger partial charge in [-0.05, 0) is 24.1 Å². The van der Waals surface area contributed by atoms with Crippen molar-refractivity contribution in [3.05, 3.63) is 28.5 Å². The van der Waals surface area contributed by atoms with Gasteiger partial charge in [0, 0.05) is 6.20 Å². The Bertz CT molecular complexity index is 368. The highest BCUT2D eigenvalue weighted by molar-refractivity contribution is 6.30. The van der Waals surface area contributed by atoms with Gasteiger partial charge in [-0.25, -0.2) is 4.98 Å². The standard InChI is InChI=1S/C10H12ClNO3/c1-6-3-7(5-12-10(6)11)8(13)4-9(14)15-2/h3,5,8,13H,4H2,1-2H3. The first-order valence-corrected chi connectivity index (χ1v) is 4.79. The fraction of sp³-hybridized carbons (Fsp3) is 0.400. The number of carbonyl (C=O) groups excluding carboxylic acids is 1. The third-order valence-electron chi connectivity index (χ3n) is 2.01. The molecule has 0 amide bonds. The quantitative estimate of drug-likeness (QED) is 0.632. The first-order chi connectivity index (χ1) is 7.04. The van der Waals surface area contributed by atoms with Crippen LogP contribution in [0.1, 0.15) is 23.7 Å². The first-order valence-electron chi connectivity index (χ1n) is 4.41. The number of carbonyl (C=O) groups is 1. The van der Waals surface area contributed by atoms with Gasteiger partial charge in [-0.3, -0.25) is 4.79 Å². The van der Waals surface area contributed by atoms with Gasteiger partial charge in [-0.1, -0.05) is 11.6 Å². The average Bonchev–Trinajstić information content (AvgIpc) is 2.21. The van der Waals surface area contributed by atoms with Gasteiger partial charge in [0.05, 0.1) is 19.6 Å². The zero-order chi connectivity index (χ0) is 11.4. The molecule has 0 aliphatic heterocycles. The Morgan fingerprint density at radius 1 is 1.73 bits per heavy atom. The third-order valence-corrected chi connectivity index (χ3v) is 2.40. The number of pyridine rings is 1. The van der Waals surface area contributed by atoms with Crippen molar-refractivity contribution in [2.45, 2.75) is 19.4 Å². The molecule has 82 valence electrons. The van der Waals surface area contributed by atoms with E-state index in [0.29, 0.717) is 10.7 Å². The molecule has 1 unspecified atom stereocenters. The summed E-state index contributed by atoms with van der Waals surface area (Å²) >= 11 is 5.73. The van der Waals surface area contributed by atoms with Crippen LogP contribution in [0.2, 0.25) is 5.15 Å². The minimum atomic E-state index is -0.902. The maximum absolute atomic E-state index is 10.9. The maximum atomic E-state index is 10.9. The van der Waals surface area contributed by atoms with Crippen molar-refractivity contribution >= 4 is 17.6 Å². The first kappa shape index (κ1) is 11.9. The van der Waals surface area contributed by atoms with Crippen molar-refractivity contribution in [3.8, 4) is 0 Å². The molecule has 1 heterocycles. The fourth-order valence-electron chi connectivity index (χ4n) is 1.12. The molecule has 0 aliphatic carbocycles. The Balaban J connectivity index is 2.78. The van der Waals surface area contributed by atoms with Crippen LogP contribution in [0.4, 0.5) is 0 Å². The molecule has 1 rings (SSSR count). The summed E-state index contributed by atoms with van der Waals surface area (Å²) in [6, 6.07) is 1.70. The number of rotatable bonds is 3. The van der Waals surface area contributed by atoms with Crippen LogP contribution in [0.15, 0.2) is 12.3 Å². The highest BCUT2D eigenvalue weighted by Crippen LogP contribution is 2.20. The van der Waals surface area contributed by atoms with Gasteiger partial charge in [-0.2, -0.15) is 0 Å². The molecule has 0 saturated heterocycles. The predicted octanol–water partition coefficient (Wildman–Crippen LogP) is 1.64. The number of aryl methyl sites for hydroxylation is 1. The van der Waals surface area contributed by atoms with E-state index >= 15 is 0 Å². The summed E-state index contributed by atoms with van der Waals surface area (Å²) in [7, 11) is 1.28. The summed E-state index contributed by atoms with van der Waals surface area (Å²) in [4.78, 5) is 14.8. The zero-order valence-electron chi connectivity index (χ0n) is 8.53. The van der Waals surface area contributed by atoms with Crippen LogP contribution >= 0.6 is 11.6 Å². The molecule has 1 aromatic rings. The Morgan fingerprint density at radius 3 is 2.93 bits per heavy atom. The third kappa shape index (κ3) is 3.18. The van der Waals surface area contributed by atoms with Crippen molar-refractivity contribution in [1.82, 2.24) is 4.98 Å². The van der Waals surface area contributed by atoms with E-state index in [1.165, 1.54) is 13.3 Å². The lowest BCUT2D eigenvalue weighted by Crippen LogP contribution is -2.08. The van der Waals surface area contributed by atoms with Crippen LogP contribution in [0, 0.1) is 6.92 Å². The number of aliphatic hydroxyl groups is 1. The van der Waals surface area contributed by atoms with E-state index in [2.05, 4.69) is 9.72 Å². The highest BCUT2D eigenvalue weighted by Gasteiger charge is 2.14. The van der Waals surface area contributed by atoms with Crippen molar-refractivity contribution < 1.29 is 14.6 Å². The number of hydrogen-bond donors (Lipinski definition) is 1. The molecule has 0 fully saturated rings. The van der Waals surface area contributed by atoms with E-state index in [-0.39, 0.29) is 6.42 Å². The summed E-state index contributed by atoms with van der Waals surface area (Å²) < 4.78 is 4.45. The van der Waals surface area contributed by atoms with Gasteiger partial charge in [0.2, 0.25) is 0 Å². The number of nitrogens with zero attached hydrogens (tertiary/aromatic N) is 1. The molecule has 5 heteroatoms. The van der Waals surface area contributed by atoms with E-state index < -0.39 is 12.1 Å². The molecule has 0 spiro atoms. The van der Waals surface area contributed by atoms with Crippen molar-refractivity contribution in [2.75, 3.05) is 7.11 Å². The van der Waals surface area contributed by atoms with Gasteiger partial charge in [-0.15, -0.1) is 0 Å². The summed E-state index contributed by atoms with van der Waals surface area (Å²) in [5.74, 6) is -0.463. The van der Waals surface area contributed by atoms with Gasteiger partial charge in [0.25, 0.3) is 0 Å². The normalized spacial score (nSPS) is 12.3. The Kier molecular flexibility index (Phi) is 4.05. The number of aliphatic hydroxyl groups excluding tert-OH is 1. The van der Waals surface area contributed by atoms with Crippen LogP contribution < -0.4 is 0 Å². The molecular weight excluding hydrogens is 218 g/mol. The van der Waals surface area contributed by atoms with Crippen molar-refractivity contribution in [2.24, 2.45) is 0 Å². The Labute approximate surface area is 92.8 Å². The van der Waals surface area contributed by atoms with Gasteiger partial charge >= 0.3 is 5.97 Å². The lowest BCUT2D eigenvalue weighted by atomic mass is 10.1. The van der Waals surface area contributed by atoms with Gasteiger partial charge in [0.1, 0.15) is 5.15 Å². The Morgan fingerprint density at radius 2 is 2.40 bits per heavy atom. The number of hydrogen-bond acceptors (Lipinski definition) is 4. The van der Waals surface area contributed by atoms with E-state index in [1.54, 1.807) is 13.0 Å². The molecule has 0 aliphatic rings. The lowest BCUT2D eigenvalue weighted by Gasteiger charge is -2.10. The summed E-state index contributed by atoms with van der Waals surface area (Å²) in [6.45, 7) is 1.78. The second kappa shape index (κ2) is 5.09. The van der Waals surface area contributed by atoms with E-state index in [0.717, 1.165) is 5.56 Å². The van der Waals surface area contributed by atoms with Crippen LogP contribution in [-0.2, 0) is 9.53 Å². The van der Waals surface area contributed by atoms with E-state index in [1.807, 2.05) is 0 Å². The number of ether oxygens (including phenoxy) is 1. The SMILES string of the molecule is COC(=O)CC(O)c1cnc(Cl)c(C)c1. The highest BCUT2D eigenvalue weighted by atomic mass is 35.5. The second-order valence-corrected chi connectivity index (χ2v) is 3.53. The monoisotopic (exact) mass is 229 g/mol. The van der Waals surface area contributed by atoms with Crippen LogP contribution in [-0.4, -0.2) is 23.2 Å². The largest absolute Gasteiger partial charge is 0.469 e. The predicted molar refractivity (Wildman–Crippen MR) is 55.6 cm³/mol. The lowest BCUT2D eigenvalue weighted by molar-refractivity contribution is -0.142. The molecule has 0 saturated carbocycles. The molecule has 15 heavy (non-hydrogen) atoms. The van der Waals surface area contributed by atoms with E-state index in [4.69, 9.17) is 11.6 Å². The zero-order valence-corrected chi connectivity index (χ0v) is 9.28. The van der Waals surface area contributed by atoms with Crippen LogP contribution in [0.3, 0.4) is 0 Å². The molecule has 1 atom stereocenters. The smallest absolute Gasteiger partial charge is 0.308 e. The number of methoxy groups -OCH3 is 1. The molecule has 0 aromatic carbocycles. The van der Waals surface area contributed by atoms with Gasteiger partial charge in [0.15, 0.2) is 0 Å². The molecule has 0 radical (unpaired) electrons. The fourth-order valence-corrected chi connectivity index (χ4v) is 1.22. The number of aromatic nitrogens is 1. The summed E-state index contributed by atoms with van der Waals surface area (Å²) in [5, 5.41) is 10.0. The minimum Gasteiger partial charge on any atom is -0.469 e. The topological polar surface area (TPSA) is 59.4 Å². The van der Waals surface area contributed by atoms with Gasteiger partial charge < -0.3 is 9.84 Å².